The van der Waals surface area contributed by atoms with E-state index in [1.807, 2.05) is 20.8 Å². The molecule has 0 saturated carbocycles. The lowest BCUT2D eigenvalue weighted by atomic mass is 9.88. The number of hydrogen-bond donors (Lipinski definition) is 0. The maximum Gasteiger partial charge on any atom is 0.232 e. The first-order chi connectivity index (χ1) is 14.2. The third kappa shape index (κ3) is 3.52. The molecule has 0 bridgehead atoms. The van der Waals surface area contributed by atoms with Crippen molar-refractivity contribution in [1.82, 2.24) is 9.97 Å². The van der Waals surface area contributed by atoms with Crippen molar-refractivity contribution in [1.29, 1.82) is 0 Å². The Kier molecular flexibility index (Phi) is 4.97. The lowest BCUT2D eigenvalue weighted by molar-refractivity contribution is 0.399. The summed E-state index contributed by atoms with van der Waals surface area (Å²) in [7, 11) is 0. The average molecular weight is 432 g/mol. The topological polar surface area (TPSA) is 35.0 Å². The number of para-hydroxylation sites is 1. The van der Waals surface area contributed by atoms with Crippen LogP contribution in [-0.2, 0) is 5.41 Å². The highest BCUT2D eigenvalue weighted by Gasteiger charge is 2.28. The molecule has 4 aromatic rings. The van der Waals surface area contributed by atoms with E-state index in [1.165, 1.54) is 29.8 Å². The van der Waals surface area contributed by atoms with Gasteiger partial charge in [-0.15, -0.1) is 11.3 Å². The predicted molar refractivity (Wildman–Crippen MR) is 108 cm³/mol. The van der Waals surface area contributed by atoms with Gasteiger partial charge in [-0.3, -0.25) is 0 Å². The molecule has 3 nitrogen and oxygen atoms in total. The number of halogens is 4. The standard InChI is InChI=1S/C22H16F4N2OS/c1-22(2,3)19-16(11-7-8-12(23)15(26)9-11)17-20(27-10-28-21(17)30-19)29-18-13(24)5-4-6-14(18)25/h4-10H,1-3H3. The molecule has 154 valence electrons. The number of thiophene rings is 1. The van der Waals surface area contributed by atoms with Crippen LogP contribution in [0.25, 0.3) is 21.3 Å². The van der Waals surface area contributed by atoms with Crippen LogP contribution in [-0.4, -0.2) is 9.97 Å². The van der Waals surface area contributed by atoms with Crippen molar-refractivity contribution in [2.75, 3.05) is 0 Å². The van der Waals surface area contributed by atoms with Gasteiger partial charge in [-0.05, 0) is 35.2 Å². The summed E-state index contributed by atoms with van der Waals surface area (Å²) in [5.74, 6) is -4.43. The second kappa shape index (κ2) is 7.36. The zero-order chi connectivity index (χ0) is 21.6. The Bertz CT molecular complexity index is 1240. The quantitative estimate of drug-likeness (QED) is 0.327. The average Bonchev–Trinajstić information content (AvgIpc) is 3.08. The molecule has 0 aliphatic carbocycles. The maximum absolute atomic E-state index is 14.2. The first-order valence-electron chi connectivity index (χ1n) is 9.02. The van der Waals surface area contributed by atoms with Gasteiger partial charge in [0.1, 0.15) is 11.2 Å². The van der Waals surface area contributed by atoms with Gasteiger partial charge in [0, 0.05) is 10.4 Å². The van der Waals surface area contributed by atoms with Gasteiger partial charge in [-0.2, -0.15) is 0 Å². The molecule has 4 rings (SSSR count). The van der Waals surface area contributed by atoms with E-state index >= 15 is 0 Å². The summed E-state index contributed by atoms with van der Waals surface area (Å²) < 4.78 is 61.4. The highest BCUT2D eigenvalue weighted by atomic mass is 32.1. The van der Waals surface area contributed by atoms with Crippen LogP contribution in [0.2, 0.25) is 0 Å². The Balaban J connectivity index is 2.02. The number of benzene rings is 2. The summed E-state index contributed by atoms with van der Waals surface area (Å²) in [5.41, 5.74) is 0.541. The van der Waals surface area contributed by atoms with Gasteiger partial charge in [0.25, 0.3) is 0 Å². The molecule has 30 heavy (non-hydrogen) atoms. The molecule has 2 aromatic carbocycles. The van der Waals surface area contributed by atoms with E-state index in [-0.39, 0.29) is 11.3 Å². The molecular formula is C22H16F4N2OS. The monoisotopic (exact) mass is 432 g/mol. The minimum atomic E-state index is -1.01. The normalized spacial score (nSPS) is 11.8. The fourth-order valence-electron chi connectivity index (χ4n) is 3.12. The minimum absolute atomic E-state index is 0.0736. The number of ether oxygens (including phenoxy) is 1. The van der Waals surface area contributed by atoms with E-state index in [2.05, 4.69) is 9.97 Å². The number of aromatic nitrogens is 2. The van der Waals surface area contributed by atoms with Gasteiger partial charge >= 0.3 is 0 Å². The van der Waals surface area contributed by atoms with Crippen molar-refractivity contribution >= 4 is 21.6 Å². The molecule has 2 heterocycles. The summed E-state index contributed by atoms with van der Waals surface area (Å²) in [6, 6.07) is 6.91. The number of fused-ring (bicyclic) bond motifs is 1. The van der Waals surface area contributed by atoms with Gasteiger partial charge in [0.2, 0.25) is 11.6 Å². The second-order valence-electron chi connectivity index (χ2n) is 7.70. The van der Waals surface area contributed by atoms with Crippen molar-refractivity contribution < 1.29 is 22.3 Å². The zero-order valence-corrected chi connectivity index (χ0v) is 17.1. The maximum atomic E-state index is 14.2. The Labute approximate surface area is 174 Å². The third-order valence-electron chi connectivity index (χ3n) is 4.46. The SMILES string of the molecule is CC(C)(C)c1sc2ncnc(Oc3c(F)cccc3F)c2c1-c1ccc(F)c(F)c1. The van der Waals surface area contributed by atoms with Gasteiger partial charge in [0.15, 0.2) is 23.3 Å². The zero-order valence-electron chi connectivity index (χ0n) is 16.3. The lowest BCUT2D eigenvalue weighted by Gasteiger charge is -2.19. The first-order valence-corrected chi connectivity index (χ1v) is 9.83. The summed E-state index contributed by atoms with van der Waals surface area (Å²) in [6.45, 7) is 5.89. The van der Waals surface area contributed by atoms with Crippen LogP contribution in [0.1, 0.15) is 25.6 Å². The molecule has 0 saturated heterocycles. The molecule has 2 aromatic heterocycles. The molecule has 0 amide bonds. The van der Waals surface area contributed by atoms with Crippen LogP contribution < -0.4 is 4.74 Å². The van der Waals surface area contributed by atoms with Gasteiger partial charge in [-0.25, -0.2) is 27.5 Å². The number of rotatable bonds is 3. The Morgan fingerprint density at radius 2 is 1.57 bits per heavy atom. The predicted octanol–water partition coefficient (Wildman–Crippen LogP) is 7.00. The Morgan fingerprint density at radius 3 is 2.20 bits per heavy atom. The summed E-state index contributed by atoms with van der Waals surface area (Å²) in [6.07, 6.45) is 1.23. The molecule has 0 N–H and O–H groups in total. The van der Waals surface area contributed by atoms with Gasteiger partial charge in [0.05, 0.1) is 5.39 Å². The second-order valence-corrected chi connectivity index (χ2v) is 8.70. The minimum Gasteiger partial charge on any atom is -0.432 e. The van der Waals surface area contributed by atoms with Gasteiger partial charge in [-0.1, -0.05) is 32.9 Å². The van der Waals surface area contributed by atoms with Gasteiger partial charge < -0.3 is 4.74 Å². The van der Waals surface area contributed by atoms with Crippen molar-refractivity contribution in [3.8, 4) is 22.8 Å². The Morgan fingerprint density at radius 1 is 0.867 bits per heavy atom. The third-order valence-corrected chi connectivity index (χ3v) is 5.98. The van der Waals surface area contributed by atoms with Crippen LogP contribution >= 0.6 is 11.3 Å². The molecule has 0 aliphatic rings. The van der Waals surface area contributed by atoms with Crippen LogP contribution in [0, 0.1) is 23.3 Å². The lowest BCUT2D eigenvalue weighted by Crippen LogP contribution is -2.10. The van der Waals surface area contributed by atoms with E-state index < -0.39 is 29.0 Å². The molecule has 0 radical (unpaired) electrons. The molecule has 0 atom stereocenters. The number of nitrogens with zero attached hydrogens (tertiary/aromatic N) is 2. The van der Waals surface area contributed by atoms with E-state index in [1.54, 1.807) is 0 Å². The molecule has 8 heteroatoms. The number of hydrogen-bond acceptors (Lipinski definition) is 4. The highest BCUT2D eigenvalue weighted by molar-refractivity contribution is 7.19. The molecule has 0 unspecified atom stereocenters. The fraction of sp³-hybridized carbons (Fsp3) is 0.182. The van der Waals surface area contributed by atoms with Crippen molar-refractivity contribution in [3.63, 3.8) is 0 Å². The Hall–Kier alpha value is -3.00. The first kappa shape index (κ1) is 20.3. The van der Waals surface area contributed by atoms with Crippen LogP contribution in [0.15, 0.2) is 42.7 Å². The summed E-state index contributed by atoms with van der Waals surface area (Å²) in [5, 5.41) is 0.376. The molecule has 0 aliphatic heterocycles. The smallest absolute Gasteiger partial charge is 0.232 e. The summed E-state index contributed by atoms with van der Waals surface area (Å²) in [4.78, 5) is 9.66. The fourth-order valence-corrected chi connectivity index (χ4v) is 4.33. The molecule has 0 fully saturated rings. The van der Waals surface area contributed by atoms with E-state index in [0.717, 1.165) is 29.1 Å². The highest BCUT2D eigenvalue weighted by Crippen LogP contribution is 2.47. The van der Waals surface area contributed by atoms with Crippen LogP contribution in [0.4, 0.5) is 17.6 Å². The van der Waals surface area contributed by atoms with Crippen LogP contribution in [0.5, 0.6) is 11.6 Å². The van der Waals surface area contributed by atoms with E-state index in [0.29, 0.717) is 21.3 Å². The van der Waals surface area contributed by atoms with E-state index in [9.17, 15) is 17.6 Å². The van der Waals surface area contributed by atoms with Crippen LogP contribution in [0.3, 0.4) is 0 Å². The van der Waals surface area contributed by atoms with Crippen molar-refractivity contribution in [2.45, 2.75) is 26.2 Å². The molecular weight excluding hydrogens is 416 g/mol. The molecule has 0 spiro atoms. The van der Waals surface area contributed by atoms with E-state index in [4.69, 9.17) is 4.74 Å². The van der Waals surface area contributed by atoms with Crippen molar-refractivity contribution in [2.24, 2.45) is 0 Å². The summed E-state index contributed by atoms with van der Waals surface area (Å²) >= 11 is 1.33. The largest absolute Gasteiger partial charge is 0.432 e. The van der Waals surface area contributed by atoms with Crippen molar-refractivity contribution in [3.05, 3.63) is 70.9 Å².